The quantitative estimate of drug-likeness (QED) is 0.875. The summed E-state index contributed by atoms with van der Waals surface area (Å²) < 4.78 is 11.1. The van der Waals surface area contributed by atoms with E-state index in [1.807, 2.05) is 25.1 Å². The first-order valence-corrected chi connectivity index (χ1v) is 8.19. The monoisotopic (exact) mass is 305 g/mol. The Kier molecular flexibility index (Phi) is 6.10. The summed E-state index contributed by atoms with van der Waals surface area (Å²) in [4.78, 5) is 12.2. The molecule has 0 heterocycles. The Labute approximate surface area is 133 Å². The van der Waals surface area contributed by atoms with Gasteiger partial charge in [0.05, 0.1) is 7.11 Å². The summed E-state index contributed by atoms with van der Waals surface area (Å²) in [6.45, 7) is 4.53. The zero-order valence-corrected chi connectivity index (χ0v) is 13.9. The fourth-order valence-corrected chi connectivity index (χ4v) is 2.90. The predicted octanol–water partition coefficient (Wildman–Crippen LogP) is 3.47. The summed E-state index contributed by atoms with van der Waals surface area (Å²) in [6, 6.07) is 5.70. The lowest BCUT2D eigenvalue weighted by atomic mass is 9.89. The number of carbonyl (C=O) groups excluding carboxylic acids is 1. The standard InChI is InChI=1S/C18H27NO3/c1-13-9-10-16(17(11-13)21-3)22-14(2)18(20)19-12-15-7-5-4-6-8-15/h9-11,14-15H,4-8,12H2,1-3H3,(H,19,20)/t14-/m0/s1. The first-order chi connectivity index (χ1) is 10.6. The van der Waals surface area contributed by atoms with Crippen molar-refractivity contribution < 1.29 is 14.3 Å². The van der Waals surface area contributed by atoms with Gasteiger partial charge in [0.1, 0.15) is 0 Å². The molecule has 1 N–H and O–H groups in total. The number of rotatable bonds is 6. The minimum atomic E-state index is -0.528. The number of hydrogen-bond acceptors (Lipinski definition) is 3. The highest BCUT2D eigenvalue weighted by Gasteiger charge is 2.19. The Hall–Kier alpha value is -1.71. The van der Waals surface area contributed by atoms with E-state index >= 15 is 0 Å². The molecule has 122 valence electrons. The van der Waals surface area contributed by atoms with Crippen molar-refractivity contribution in [2.45, 2.75) is 52.1 Å². The van der Waals surface area contributed by atoms with Crippen molar-refractivity contribution in [1.82, 2.24) is 5.32 Å². The number of amides is 1. The van der Waals surface area contributed by atoms with E-state index in [-0.39, 0.29) is 5.91 Å². The number of aryl methyl sites for hydroxylation is 1. The van der Waals surface area contributed by atoms with E-state index in [0.29, 0.717) is 17.4 Å². The van der Waals surface area contributed by atoms with E-state index in [1.54, 1.807) is 14.0 Å². The number of benzene rings is 1. The molecule has 1 fully saturated rings. The number of nitrogens with one attached hydrogen (secondary N) is 1. The van der Waals surface area contributed by atoms with Gasteiger partial charge in [-0.3, -0.25) is 4.79 Å². The van der Waals surface area contributed by atoms with Crippen LogP contribution in [-0.2, 0) is 4.79 Å². The molecule has 1 aromatic rings. The molecule has 2 rings (SSSR count). The molecule has 0 unspecified atom stereocenters. The van der Waals surface area contributed by atoms with E-state index in [1.165, 1.54) is 32.1 Å². The van der Waals surface area contributed by atoms with Gasteiger partial charge in [-0.2, -0.15) is 0 Å². The van der Waals surface area contributed by atoms with Crippen LogP contribution in [0.1, 0.15) is 44.6 Å². The minimum absolute atomic E-state index is 0.0619. The van der Waals surface area contributed by atoms with Crippen molar-refractivity contribution in [3.8, 4) is 11.5 Å². The maximum absolute atomic E-state index is 12.2. The molecule has 4 heteroatoms. The van der Waals surface area contributed by atoms with Gasteiger partial charge in [-0.25, -0.2) is 0 Å². The van der Waals surface area contributed by atoms with Gasteiger partial charge in [0.2, 0.25) is 0 Å². The Morgan fingerprint density at radius 3 is 2.68 bits per heavy atom. The van der Waals surface area contributed by atoms with Crippen LogP contribution in [0.15, 0.2) is 18.2 Å². The van der Waals surface area contributed by atoms with Crippen molar-refractivity contribution in [3.05, 3.63) is 23.8 Å². The average Bonchev–Trinajstić information content (AvgIpc) is 2.55. The molecule has 0 spiro atoms. The summed E-state index contributed by atoms with van der Waals surface area (Å²) in [5.74, 6) is 1.83. The smallest absolute Gasteiger partial charge is 0.260 e. The lowest BCUT2D eigenvalue weighted by Gasteiger charge is -2.23. The lowest BCUT2D eigenvalue weighted by molar-refractivity contribution is -0.127. The first kappa shape index (κ1) is 16.7. The van der Waals surface area contributed by atoms with Crippen molar-refractivity contribution in [1.29, 1.82) is 0 Å². The van der Waals surface area contributed by atoms with Crippen LogP contribution in [0.4, 0.5) is 0 Å². The predicted molar refractivity (Wildman–Crippen MR) is 87.4 cm³/mol. The van der Waals surface area contributed by atoms with E-state index in [9.17, 15) is 4.79 Å². The van der Waals surface area contributed by atoms with Gasteiger partial charge < -0.3 is 14.8 Å². The largest absolute Gasteiger partial charge is 0.493 e. The third kappa shape index (κ3) is 4.65. The summed E-state index contributed by atoms with van der Waals surface area (Å²) in [7, 11) is 1.61. The Morgan fingerprint density at radius 1 is 1.27 bits per heavy atom. The van der Waals surface area contributed by atoms with Gasteiger partial charge in [-0.15, -0.1) is 0 Å². The van der Waals surface area contributed by atoms with Crippen LogP contribution in [0, 0.1) is 12.8 Å². The molecule has 0 bridgehead atoms. The topological polar surface area (TPSA) is 47.6 Å². The molecule has 1 aliphatic rings. The Bertz CT molecular complexity index is 495. The van der Waals surface area contributed by atoms with Crippen LogP contribution in [0.5, 0.6) is 11.5 Å². The molecule has 0 saturated heterocycles. The lowest BCUT2D eigenvalue weighted by Crippen LogP contribution is -2.39. The number of ether oxygens (including phenoxy) is 2. The second kappa shape index (κ2) is 8.06. The Balaban J connectivity index is 1.85. The van der Waals surface area contributed by atoms with E-state index in [4.69, 9.17) is 9.47 Å². The van der Waals surface area contributed by atoms with Crippen LogP contribution < -0.4 is 14.8 Å². The molecule has 1 atom stereocenters. The zero-order valence-electron chi connectivity index (χ0n) is 13.9. The molecule has 4 nitrogen and oxygen atoms in total. The first-order valence-electron chi connectivity index (χ1n) is 8.19. The summed E-state index contributed by atoms with van der Waals surface area (Å²) in [6.07, 6.45) is 5.82. The number of hydrogen-bond donors (Lipinski definition) is 1. The molecule has 1 aromatic carbocycles. The summed E-state index contributed by atoms with van der Waals surface area (Å²) >= 11 is 0. The van der Waals surface area contributed by atoms with Gasteiger partial charge >= 0.3 is 0 Å². The second-order valence-electron chi connectivity index (χ2n) is 6.16. The van der Waals surface area contributed by atoms with E-state index < -0.39 is 6.10 Å². The van der Waals surface area contributed by atoms with Crippen molar-refractivity contribution in [2.75, 3.05) is 13.7 Å². The highest BCUT2D eigenvalue weighted by Crippen LogP contribution is 2.28. The maximum atomic E-state index is 12.2. The maximum Gasteiger partial charge on any atom is 0.260 e. The van der Waals surface area contributed by atoms with Gasteiger partial charge in [0, 0.05) is 6.54 Å². The van der Waals surface area contributed by atoms with Crippen LogP contribution in [-0.4, -0.2) is 25.7 Å². The van der Waals surface area contributed by atoms with Crippen molar-refractivity contribution >= 4 is 5.91 Å². The molecule has 0 radical (unpaired) electrons. The fourth-order valence-electron chi connectivity index (χ4n) is 2.90. The molecule has 22 heavy (non-hydrogen) atoms. The molecule has 0 aliphatic heterocycles. The SMILES string of the molecule is COc1cc(C)ccc1O[C@@H](C)C(=O)NCC1CCCCC1. The minimum Gasteiger partial charge on any atom is -0.493 e. The van der Waals surface area contributed by atoms with Crippen LogP contribution >= 0.6 is 0 Å². The second-order valence-corrected chi connectivity index (χ2v) is 6.16. The normalized spacial score (nSPS) is 16.9. The van der Waals surface area contributed by atoms with E-state index in [2.05, 4.69) is 5.32 Å². The summed E-state index contributed by atoms with van der Waals surface area (Å²) in [5, 5.41) is 3.02. The molecule has 0 aromatic heterocycles. The van der Waals surface area contributed by atoms with Crippen LogP contribution in [0.3, 0.4) is 0 Å². The zero-order chi connectivity index (χ0) is 15.9. The molecule has 1 aliphatic carbocycles. The molecular weight excluding hydrogens is 278 g/mol. The van der Waals surface area contributed by atoms with Gasteiger partial charge in [0.15, 0.2) is 17.6 Å². The summed E-state index contributed by atoms with van der Waals surface area (Å²) in [5.41, 5.74) is 1.10. The molecular formula is C18H27NO3. The van der Waals surface area contributed by atoms with Gasteiger partial charge in [-0.05, 0) is 50.3 Å². The molecule has 1 amide bonds. The van der Waals surface area contributed by atoms with Gasteiger partial charge in [-0.1, -0.05) is 25.3 Å². The van der Waals surface area contributed by atoms with Crippen LogP contribution in [0.2, 0.25) is 0 Å². The van der Waals surface area contributed by atoms with Crippen molar-refractivity contribution in [2.24, 2.45) is 5.92 Å². The highest BCUT2D eigenvalue weighted by molar-refractivity contribution is 5.80. The average molecular weight is 305 g/mol. The fraction of sp³-hybridized carbons (Fsp3) is 0.611. The number of methoxy groups -OCH3 is 1. The van der Waals surface area contributed by atoms with Gasteiger partial charge in [0.25, 0.3) is 5.91 Å². The third-order valence-corrected chi connectivity index (χ3v) is 4.28. The van der Waals surface area contributed by atoms with E-state index in [0.717, 1.165) is 12.1 Å². The number of carbonyl (C=O) groups is 1. The van der Waals surface area contributed by atoms with Crippen molar-refractivity contribution in [3.63, 3.8) is 0 Å². The third-order valence-electron chi connectivity index (χ3n) is 4.28. The van der Waals surface area contributed by atoms with Crippen LogP contribution in [0.25, 0.3) is 0 Å². The Morgan fingerprint density at radius 2 is 2.00 bits per heavy atom. The molecule has 1 saturated carbocycles. The highest BCUT2D eigenvalue weighted by atomic mass is 16.5.